The zero-order valence-electron chi connectivity index (χ0n) is 6.52. The third-order valence-electron chi connectivity index (χ3n) is 0.644. The molecule has 2 heteroatoms. The average molecular weight is 148 g/mol. The van der Waals surface area contributed by atoms with E-state index in [0.717, 1.165) is 11.5 Å². The highest BCUT2D eigenvalue weighted by atomic mass is 32.2. The molecule has 56 valence electrons. The maximum atomic E-state index is 10.3. The highest BCUT2D eigenvalue weighted by molar-refractivity contribution is 7.84. The number of allylic oxidation sites excluding steroid dienone is 1. The monoisotopic (exact) mass is 148 g/mol. The van der Waals surface area contributed by atoms with E-state index in [0.29, 0.717) is 0 Å². The van der Waals surface area contributed by atoms with E-state index in [4.69, 9.17) is 0 Å². The molecule has 1 nitrogen and oxygen atoms in total. The van der Waals surface area contributed by atoms with Crippen LogP contribution in [0.25, 0.3) is 0 Å². The Morgan fingerprint density at radius 2 is 1.67 bits per heavy atom. The summed E-state index contributed by atoms with van der Waals surface area (Å²) in [5.74, 6) is 1.60. The van der Waals surface area contributed by atoms with E-state index in [1.165, 1.54) is 0 Å². The lowest BCUT2D eigenvalue weighted by atomic mass is 10.8. The van der Waals surface area contributed by atoms with Gasteiger partial charge in [0.2, 0.25) is 0 Å². The van der Waals surface area contributed by atoms with Crippen molar-refractivity contribution in [2.75, 3.05) is 11.5 Å². The molecule has 0 fully saturated rings. The Kier molecular flexibility index (Phi) is 14.0. The highest BCUT2D eigenvalue weighted by Gasteiger charge is 1.83. The predicted octanol–water partition coefficient (Wildman–Crippen LogP) is 1.97. The summed E-state index contributed by atoms with van der Waals surface area (Å²) < 4.78 is 10.3. The lowest BCUT2D eigenvalue weighted by Crippen LogP contribution is -1.93. The van der Waals surface area contributed by atoms with Crippen molar-refractivity contribution in [1.29, 1.82) is 0 Å². The summed E-state index contributed by atoms with van der Waals surface area (Å²) in [6.07, 6.45) is 1.75. The molecule has 0 aromatic rings. The predicted molar refractivity (Wildman–Crippen MR) is 45.1 cm³/mol. The van der Waals surface area contributed by atoms with Crippen LogP contribution in [-0.2, 0) is 10.8 Å². The second-order valence-electron chi connectivity index (χ2n) is 1.43. The van der Waals surface area contributed by atoms with Gasteiger partial charge in [-0.3, -0.25) is 4.21 Å². The van der Waals surface area contributed by atoms with Gasteiger partial charge < -0.3 is 0 Å². The van der Waals surface area contributed by atoms with E-state index < -0.39 is 10.8 Å². The number of hydrogen-bond donors (Lipinski definition) is 0. The van der Waals surface area contributed by atoms with Gasteiger partial charge in [-0.2, -0.15) is 0 Å². The molecule has 0 heterocycles. The molecule has 0 saturated carbocycles. The number of hydrogen-bond acceptors (Lipinski definition) is 1. The van der Waals surface area contributed by atoms with Crippen LogP contribution in [0.3, 0.4) is 0 Å². The molecule has 0 aromatic heterocycles. The van der Waals surface area contributed by atoms with Crippen LogP contribution in [0.1, 0.15) is 20.8 Å². The maximum Gasteiger partial charge on any atom is 0.0206 e. The van der Waals surface area contributed by atoms with E-state index >= 15 is 0 Å². The Bertz CT molecular complexity index is 73.0. The molecule has 0 radical (unpaired) electrons. The van der Waals surface area contributed by atoms with Crippen LogP contribution in [0.2, 0.25) is 0 Å². The van der Waals surface area contributed by atoms with E-state index in [-0.39, 0.29) is 0 Å². The lowest BCUT2D eigenvalue weighted by molar-refractivity contribution is 0.684. The molecule has 0 saturated heterocycles. The normalized spacial score (nSPS) is 8.00. The molecule has 0 amide bonds. The molecule has 0 unspecified atom stereocenters. The molecule has 0 N–H and O–H groups in total. The minimum atomic E-state index is -0.534. The Balaban J connectivity index is 0. The lowest BCUT2D eigenvalue weighted by Gasteiger charge is -1.84. The summed E-state index contributed by atoms with van der Waals surface area (Å²) in [5.41, 5.74) is 0. The van der Waals surface area contributed by atoms with Crippen molar-refractivity contribution in [2.24, 2.45) is 0 Å². The van der Waals surface area contributed by atoms with Crippen LogP contribution in [0, 0.1) is 0 Å². The first-order chi connectivity index (χ1) is 4.22. The average Bonchev–Trinajstić information content (AvgIpc) is 1.88. The molecule has 0 bridgehead atoms. The molecule has 0 atom stereocenters. The van der Waals surface area contributed by atoms with Crippen LogP contribution in [0.5, 0.6) is 0 Å². The highest BCUT2D eigenvalue weighted by Crippen LogP contribution is 1.75. The first-order valence-electron chi connectivity index (χ1n) is 3.14. The summed E-state index contributed by atoms with van der Waals surface area (Å²) in [6.45, 7) is 9.11. The smallest absolute Gasteiger partial charge is 0.0206 e. The van der Waals surface area contributed by atoms with Crippen molar-refractivity contribution in [3.8, 4) is 0 Å². The molecular formula is C7H16OS. The topological polar surface area (TPSA) is 17.1 Å². The van der Waals surface area contributed by atoms with Gasteiger partial charge in [-0.25, -0.2) is 0 Å². The fourth-order valence-corrected chi connectivity index (χ4v) is 0.612. The van der Waals surface area contributed by atoms with Crippen LogP contribution >= 0.6 is 0 Å². The molecule has 0 rings (SSSR count). The van der Waals surface area contributed by atoms with Gasteiger partial charge in [-0.15, -0.1) is 6.58 Å². The van der Waals surface area contributed by atoms with Gasteiger partial charge in [0, 0.05) is 22.3 Å². The molecule has 0 aliphatic rings. The Morgan fingerprint density at radius 1 is 1.44 bits per heavy atom. The van der Waals surface area contributed by atoms with Gasteiger partial charge in [-0.1, -0.05) is 19.9 Å². The van der Waals surface area contributed by atoms with Crippen molar-refractivity contribution < 1.29 is 4.21 Å². The van der Waals surface area contributed by atoms with Gasteiger partial charge in [0.25, 0.3) is 0 Å². The van der Waals surface area contributed by atoms with Gasteiger partial charge in [0.1, 0.15) is 0 Å². The van der Waals surface area contributed by atoms with Crippen molar-refractivity contribution in [2.45, 2.75) is 20.8 Å². The van der Waals surface area contributed by atoms with E-state index in [1.807, 2.05) is 20.8 Å². The van der Waals surface area contributed by atoms with Crippen LogP contribution in [0.4, 0.5) is 0 Å². The SMILES string of the molecule is C=CC.CCS(=O)CC. The molecular weight excluding hydrogens is 132 g/mol. The van der Waals surface area contributed by atoms with Crippen molar-refractivity contribution in [3.63, 3.8) is 0 Å². The van der Waals surface area contributed by atoms with Crippen LogP contribution in [0.15, 0.2) is 12.7 Å². The van der Waals surface area contributed by atoms with Crippen molar-refractivity contribution in [3.05, 3.63) is 12.7 Å². The minimum Gasteiger partial charge on any atom is -0.260 e. The van der Waals surface area contributed by atoms with Crippen LogP contribution in [-0.4, -0.2) is 15.7 Å². The zero-order valence-corrected chi connectivity index (χ0v) is 7.33. The van der Waals surface area contributed by atoms with Gasteiger partial charge >= 0.3 is 0 Å². The summed E-state index contributed by atoms with van der Waals surface area (Å²) >= 11 is 0. The second kappa shape index (κ2) is 10.8. The summed E-state index contributed by atoms with van der Waals surface area (Å²) in [4.78, 5) is 0. The summed E-state index contributed by atoms with van der Waals surface area (Å²) in [7, 11) is -0.534. The number of rotatable bonds is 2. The van der Waals surface area contributed by atoms with Gasteiger partial charge in [-0.05, 0) is 6.92 Å². The largest absolute Gasteiger partial charge is 0.260 e. The molecule has 0 aromatic carbocycles. The van der Waals surface area contributed by atoms with Crippen LogP contribution < -0.4 is 0 Å². The molecule has 9 heavy (non-hydrogen) atoms. The third kappa shape index (κ3) is 18.1. The third-order valence-corrected chi connectivity index (χ3v) is 1.93. The minimum absolute atomic E-state index is 0.534. The molecule has 0 aliphatic heterocycles. The molecule has 0 aliphatic carbocycles. The second-order valence-corrected chi connectivity index (χ2v) is 3.46. The van der Waals surface area contributed by atoms with Crippen molar-refractivity contribution >= 4 is 10.8 Å². The van der Waals surface area contributed by atoms with Gasteiger partial charge in [0.05, 0.1) is 0 Å². The first-order valence-corrected chi connectivity index (χ1v) is 4.63. The fraction of sp³-hybridized carbons (Fsp3) is 0.714. The standard InChI is InChI=1S/C4H10OS.C3H6/c1-3-6(5)4-2;1-3-2/h3-4H2,1-2H3;3H,1H2,2H3. The quantitative estimate of drug-likeness (QED) is 0.547. The Hall–Kier alpha value is -0.110. The van der Waals surface area contributed by atoms with Gasteiger partial charge in [0.15, 0.2) is 0 Å². The van der Waals surface area contributed by atoms with E-state index in [2.05, 4.69) is 6.58 Å². The fourth-order valence-electron chi connectivity index (χ4n) is 0.204. The maximum absolute atomic E-state index is 10.3. The summed E-state index contributed by atoms with van der Waals surface area (Å²) in [5, 5.41) is 0. The molecule has 0 spiro atoms. The van der Waals surface area contributed by atoms with Crippen molar-refractivity contribution in [1.82, 2.24) is 0 Å². The van der Waals surface area contributed by atoms with E-state index in [9.17, 15) is 4.21 Å². The summed E-state index contributed by atoms with van der Waals surface area (Å²) in [6, 6.07) is 0. The Morgan fingerprint density at radius 3 is 1.67 bits per heavy atom. The Labute approximate surface area is 60.6 Å². The van der Waals surface area contributed by atoms with E-state index in [1.54, 1.807) is 6.08 Å². The first kappa shape index (κ1) is 11.7. The zero-order chi connectivity index (χ0) is 7.70.